The number of benzene rings is 2. The molecule has 0 saturated carbocycles. The van der Waals surface area contributed by atoms with Crippen molar-refractivity contribution in [3.63, 3.8) is 0 Å². The van der Waals surface area contributed by atoms with Gasteiger partial charge in [-0.15, -0.1) is 16.7 Å². The minimum Gasteiger partial charge on any atom is -0.395 e. The molecule has 0 heterocycles. The van der Waals surface area contributed by atoms with Crippen LogP contribution in [0.25, 0.3) is 0 Å². The highest BCUT2D eigenvalue weighted by Gasteiger charge is 2.20. The fourth-order valence-corrected chi connectivity index (χ4v) is 4.77. The van der Waals surface area contributed by atoms with E-state index in [-0.39, 0.29) is 46.3 Å². The topological polar surface area (TPSA) is 115 Å². The van der Waals surface area contributed by atoms with Crippen LogP contribution < -0.4 is 9.62 Å². The first-order valence-electron chi connectivity index (χ1n) is 9.27. The lowest BCUT2D eigenvalue weighted by molar-refractivity contribution is 0.281. The van der Waals surface area contributed by atoms with Gasteiger partial charge in [-0.3, -0.25) is 0 Å². The number of azo groups is 1. The van der Waals surface area contributed by atoms with Crippen molar-refractivity contribution in [3.05, 3.63) is 45.9 Å². The van der Waals surface area contributed by atoms with E-state index in [1.807, 2.05) is 17.9 Å². The first-order valence-corrected chi connectivity index (χ1v) is 12.0. The van der Waals surface area contributed by atoms with Crippen LogP contribution in [-0.4, -0.2) is 57.4 Å². The molecular weight excluding hydrogens is 487 g/mol. The average Bonchev–Trinajstić information content (AvgIpc) is 2.73. The largest absolute Gasteiger partial charge is 0.395 e. The molecule has 12 heteroatoms. The molecule has 0 aliphatic rings. The van der Waals surface area contributed by atoms with Gasteiger partial charge in [-0.2, -0.15) is 5.11 Å². The highest BCUT2D eigenvalue weighted by atomic mass is 35.5. The van der Waals surface area contributed by atoms with Crippen LogP contribution in [0.2, 0.25) is 10.0 Å². The molecule has 2 aromatic carbocycles. The lowest BCUT2D eigenvalue weighted by atomic mass is 10.1. The number of nitrogens with zero attached hydrogens (tertiary/aromatic N) is 3. The molecular formula is C19H23Cl3N4O4S. The number of aliphatic hydroxyl groups is 2. The fourth-order valence-electron chi connectivity index (χ4n) is 2.72. The van der Waals surface area contributed by atoms with Gasteiger partial charge in [0.15, 0.2) is 0 Å². The Morgan fingerprint density at radius 3 is 2.23 bits per heavy atom. The van der Waals surface area contributed by atoms with E-state index >= 15 is 0 Å². The molecule has 0 aliphatic heterocycles. The summed E-state index contributed by atoms with van der Waals surface area (Å²) in [5.74, 6) is 0.118. The minimum absolute atomic E-state index is 0.0348. The summed E-state index contributed by atoms with van der Waals surface area (Å²) in [6.45, 7) is 2.62. The molecule has 0 saturated heterocycles. The van der Waals surface area contributed by atoms with Gasteiger partial charge in [-0.25, -0.2) is 13.1 Å². The van der Waals surface area contributed by atoms with E-state index in [0.29, 0.717) is 18.8 Å². The second-order valence-electron chi connectivity index (χ2n) is 6.43. The Labute approximate surface area is 196 Å². The smallest absolute Gasteiger partial charge is 0.242 e. The number of aryl methyl sites for hydroxylation is 1. The third-order valence-corrected chi connectivity index (χ3v) is 6.65. The summed E-state index contributed by atoms with van der Waals surface area (Å²) in [4.78, 5) is 1.68. The molecule has 2 aromatic rings. The summed E-state index contributed by atoms with van der Waals surface area (Å²) in [5.41, 5.74) is 2.44. The number of aliphatic hydroxyl groups excluding tert-OH is 2. The standard InChI is InChI=1S/C19H23Cl3N4O4S/c1-13-10-14(26(6-8-27)7-9-28)2-3-17(13)24-25-18-11-16(22)19(12-15(18)21)31(29,30)23-5-4-20/h2-3,10-12,23,27-28H,4-9H2,1H3/b25-24+. The second kappa shape index (κ2) is 12.0. The highest BCUT2D eigenvalue weighted by molar-refractivity contribution is 7.89. The van der Waals surface area contributed by atoms with Gasteiger partial charge in [0.2, 0.25) is 10.0 Å². The van der Waals surface area contributed by atoms with E-state index in [1.54, 1.807) is 12.1 Å². The van der Waals surface area contributed by atoms with E-state index < -0.39 is 10.0 Å². The van der Waals surface area contributed by atoms with Crippen LogP contribution in [0.15, 0.2) is 45.5 Å². The normalized spacial score (nSPS) is 11.9. The van der Waals surface area contributed by atoms with Crippen molar-refractivity contribution in [1.29, 1.82) is 0 Å². The molecule has 2 rings (SSSR count). The zero-order valence-corrected chi connectivity index (χ0v) is 19.8. The Balaban J connectivity index is 2.28. The average molecular weight is 510 g/mol. The van der Waals surface area contributed by atoms with Crippen LogP contribution in [-0.2, 0) is 10.0 Å². The molecule has 170 valence electrons. The van der Waals surface area contributed by atoms with Gasteiger partial charge in [0.25, 0.3) is 0 Å². The summed E-state index contributed by atoms with van der Waals surface area (Å²) in [7, 11) is -3.85. The molecule has 0 amide bonds. The summed E-state index contributed by atoms with van der Waals surface area (Å²) in [5, 5.41) is 26.7. The van der Waals surface area contributed by atoms with Crippen molar-refractivity contribution in [2.24, 2.45) is 10.2 Å². The number of rotatable bonds is 11. The van der Waals surface area contributed by atoms with Crippen molar-refractivity contribution in [1.82, 2.24) is 4.72 Å². The Kier molecular flexibility index (Phi) is 9.95. The Hall–Kier alpha value is -1.46. The molecule has 0 aliphatic carbocycles. The van der Waals surface area contributed by atoms with Crippen molar-refractivity contribution < 1.29 is 18.6 Å². The van der Waals surface area contributed by atoms with Crippen LogP contribution >= 0.6 is 34.8 Å². The number of nitrogens with one attached hydrogen (secondary N) is 1. The predicted octanol–water partition coefficient (Wildman–Crippen LogP) is 4.03. The lowest BCUT2D eigenvalue weighted by Crippen LogP contribution is -2.29. The van der Waals surface area contributed by atoms with Gasteiger partial charge in [-0.1, -0.05) is 23.2 Å². The van der Waals surface area contributed by atoms with E-state index in [9.17, 15) is 18.6 Å². The van der Waals surface area contributed by atoms with Gasteiger partial charge in [-0.05, 0) is 42.8 Å². The maximum atomic E-state index is 12.3. The number of anilines is 1. The Bertz CT molecular complexity index is 1030. The van der Waals surface area contributed by atoms with E-state index in [0.717, 1.165) is 11.3 Å². The molecule has 0 atom stereocenters. The molecule has 0 aromatic heterocycles. The van der Waals surface area contributed by atoms with E-state index in [2.05, 4.69) is 15.0 Å². The highest BCUT2D eigenvalue weighted by Crippen LogP contribution is 2.35. The summed E-state index contributed by atoms with van der Waals surface area (Å²) < 4.78 is 26.9. The first-order chi connectivity index (χ1) is 14.7. The van der Waals surface area contributed by atoms with Gasteiger partial charge >= 0.3 is 0 Å². The fraction of sp³-hybridized carbons (Fsp3) is 0.368. The number of sulfonamides is 1. The van der Waals surface area contributed by atoms with Crippen molar-refractivity contribution in [2.75, 3.05) is 43.6 Å². The quantitative estimate of drug-likeness (QED) is 0.313. The van der Waals surface area contributed by atoms with Gasteiger partial charge < -0.3 is 15.1 Å². The molecule has 0 unspecified atom stereocenters. The second-order valence-corrected chi connectivity index (χ2v) is 9.35. The zero-order chi connectivity index (χ0) is 23.0. The van der Waals surface area contributed by atoms with Crippen LogP contribution in [0.4, 0.5) is 17.1 Å². The van der Waals surface area contributed by atoms with Gasteiger partial charge in [0, 0.05) is 31.2 Å². The molecule has 0 fully saturated rings. The number of hydrogen-bond donors (Lipinski definition) is 3. The number of halogens is 3. The first kappa shape index (κ1) is 25.8. The third kappa shape index (κ3) is 7.01. The van der Waals surface area contributed by atoms with Crippen LogP contribution in [0, 0.1) is 6.92 Å². The predicted molar refractivity (Wildman–Crippen MR) is 124 cm³/mol. The van der Waals surface area contributed by atoms with Gasteiger partial charge in [0.05, 0.1) is 28.9 Å². The zero-order valence-electron chi connectivity index (χ0n) is 16.7. The summed E-state index contributed by atoms with van der Waals surface area (Å²) in [6, 6.07) is 7.97. The minimum atomic E-state index is -3.85. The SMILES string of the molecule is Cc1cc(N(CCO)CCO)ccc1/N=N/c1cc(Cl)c(S(=O)(=O)NCCCl)cc1Cl. The Morgan fingerprint density at radius 1 is 1.00 bits per heavy atom. The van der Waals surface area contributed by atoms with E-state index in [1.165, 1.54) is 12.1 Å². The Morgan fingerprint density at radius 2 is 1.65 bits per heavy atom. The van der Waals surface area contributed by atoms with Crippen molar-refractivity contribution in [2.45, 2.75) is 11.8 Å². The molecule has 31 heavy (non-hydrogen) atoms. The molecule has 0 radical (unpaired) electrons. The van der Waals surface area contributed by atoms with Crippen molar-refractivity contribution in [3.8, 4) is 0 Å². The summed E-state index contributed by atoms with van der Waals surface area (Å²) >= 11 is 17.9. The molecule has 0 bridgehead atoms. The van der Waals surface area contributed by atoms with Crippen LogP contribution in [0.3, 0.4) is 0 Å². The van der Waals surface area contributed by atoms with E-state index in [4.69, 9.17) is 34.8 Å². The number of alkyl halides is 1. The summed E-state index contributed by atoms with van der Waals surface area (Å²) in [6.07, 6.45) is 0. The van der Waals surface area contributed by atoms with Crippen molar-refractivity contribution >= 4 is 61.9 Å². The lowest BCUT2D eigenvalue weighted by Gasteiger charge is -2.23. The van der Waals surface area contributed by atoms with Crippen LogP contribution in [0.1, 0.15) is 5.56 Å². The molecule has 0 spiro atoms. The number of hydrogen-bond acceptors (Lipinski definition) is 7. The monoisotopic (exact) mass is 508 g/mol. The van der Waals surface area contributed by atoms with Crippen LogP contribution in [0.5, 0.6) is 0 Å². The third-order valence-electron chi connectivity index (χ3n) is 4.23. The van der Waals surface area contributed by atoms with Gasteiger partial charge in [0.1, 0.15) is 10.6 Å². The maximum Gasteiger partial charge on any atom is 0.242 e. The molecule has 3 N–H and O–H groups in total. The maximum absolute atomic E-state index is 12.3. The molecule has 8 nitrogen and oxygen atoms in total.